The van der Waals surface area contributed by atoms with Crippen LogP contribution < -0.4 is 4.74 Å². The molecule has 2 heterocycles. The van der Waals surface area contributed by atoms with Gasteiger partial charge in [0.15, 0.2) is 0 Å². The van der Waals surface area contributed by atoms with Crippen molar-refractivity contribution in [1.29, 1.82) is 0 Å². The van der Waals surface area contributed by atoms with E-state index in [1.165, 1.54) is 12.1 Å². The lowest BCUT2D eigenvalue weighted by molar-refractivity contribution is -0.384. The summed E-state index contributed by atoms with van der Waals surface area (Å²) in [5.41, 5.74) is 4.75. The maximum absolute atomic E-state index is 11.1. The maximum atomic E-state index is 11.1. The Balaban J connectivity index is 1.93. The van der Waals surface area contributed by atoms with Crippen molar-refractivity contribution in [2.45, 2.75) is 0 Å². The normalized spacial score (nSPS) is 10.7. The molecule has 0 spiro atoms. The van der Waals surface area contributed by atoms with E-state index in [-0.39, 0.29) is 5.69 Å². The summed E-state index contributed by atoms with van der Waals surface area (Å²) >= 11 is 0. The van der Waals surface area contributed by atoms with E-state index in [1.54, 1.807) is 19.4 Å². The number of fused-ring (bicyclic) bond motifs is 1. The SMILES string of the molecule is COc1ccc(-c2cc(-c3cccc([N+](=O)[O-])c3)nc3cccnc23)cc1. The molecule has 6 nitrogen and oxygen atoms in total. The van der Waals surface area contributed by atoms with Crippen LogP contribution >= 0.6 is 0 Å². The average Bonchev–Trinajstić information content (AvgIpc) is 2.73. The highest BCUT2D eigenvalue weighted by molar-refractivity contribution is 5.93. The van der Waals surface area contributed by atoms with Gasteiger partial charge in [-0.25, -0.2) is 4.98 Å². The molecule has 0 fully saturated rings. The van der Waals surface area contributed by atoms with E-state index in [9.17, 15) is 10.1 Å². The molecule has 0 atom stereocenters. The number of aromatic nitrogens is 2. The van der Waals surface area contributed by atoms with Crippen molar-refractivity contribution in [2.75, 3.05) is 7.11 Å². The van der Waals surface area contributed by atoms with Crippen LogP contribution in [0.3, 0.4) is 0 Å². The Morgan fingerprint density at radius 2 is 1.78 bits per heavy atom. The number of rotatable bonds is 4. The van der Waals surface area contributed by atoms with E-state index in [4.69, 9.17) is 4.74 Å². The Bertz CT molecular complexity index is 1140. The fraction of sp³-hybridized carbons (Fsp3) is 0.0476. The van der Waals surface area contributed by atoms with Crippen molar-refractivity contribution < 1.29 is 9.66 Å². The fourth-order valence-corrected chi connectivity index (χ4v) is 2.98. The van der Waals surface area contributed by atoms with Crippen LogP contribution in [-0.2, 0) is 0 Å². The van der Waals surface area contributed by atoms with Gasteiger partial charge in [-0.15, -0.1) is 0 Å². The van der Waals surface area contributed by atoms with Crippen LogP contribution in [0, 0.1) is 10.1 Å². The standard InChI is InChI=1S/C21H15N3O3/c1-27-17-9-7-14(8-10-17)18-13-20(23-19-6-3-11-22-21(18)19)15-4-2-5-16(12-15)24(25)26/h2-13H,1H3. The van der Waals surface area contributed by atoms with Gasteiger partial charge in [-0.3, -0.25) is 15.1 Å². The predicted octanol–water partition coefficient (Wildman–Crippen LogP) is 4.88. The van der Waals surface area contributed by atoms with Crippen molar-refractivity contribution in [1.82, 2.24) is 9.97 Å². The first-order valence-electron chi connectivity index (χ1n) is 8.31. The summed E-state index contributed by atoms with van der Waals surface area (Å²) in [7, 11) is 1.62. The smallest absolute Gasteiger partial charge is 0.270 e. The molecule has 4 aromatic rings. The number of nitrogens with zero attached hydrogens (tertiary/aromatic N) is 3. The Hall–Kier alpha value is -3.80. The Morgan fingerprint density at radius 3 is 2.52 bits per heavy atom. The molecule has 6 heteroatoms. The van der Waals surface area contributed by atoms with Crippen LogP contribution in [0.5, 0.6) is 5.75 Å². The zero-order chi connectivity index (χ0) is 18.8. The molecule has 2 aromatic heterocycles. The summed E-state index contributed by atoms with van der Waals surface area (Å²) in [5, 5.41) is 11.1. The first kappa shape index (κ1) is 16.7. The lowest BCUT2D eigenvalue weighted by Crippen LogP contribution is -1.93. The maximum Gasteiger partial charge on any atom is 0.270 e. The molecule has 0 unspecified atom stereocenters. The van der Waals surface area contributed by atoms with Crippen LogP contribution in [-0.4, -0.2) is 22.0 Å². The second-order valence-electron chi connectivity index (χ2n) is 5.96. The first-order valence-corrected chi connectivity index (χ1v) is 8.31. The first-order chi connectivity index (χ1) is 13.2. The summed E-state index contributed by atoms with van der Waals surface area (Å²) in [6.45, 7) is 0. The molecular formula is C21H15N3O3. The molecule has 4 rings (SSSR count). The third-order valence-corrected chi connectivity index (χ3v) is 4.32. The molecule has 0 aliphatic heterocycles. The van der Waals surface area contributed by atoms with Crippen molar-refractivity contribution in [3.63, 3.8) is 0 Å². The summed E-state index contributed by atoms with van der Waals surface area (Å²) in [6, 6.07) is 19.8. The number of non-ortho nitro benzene ring substituents is 1. The molecule has 0 saturated carbocycles. The minimum absolute atomic E-state index is 0.0339. The second-order valence-corrected chi connectivity index (χ2v) is 5.96. The summed E-state index contributed by atoms with van der Waals surface area (Å²) in [4.78, 5) is 19.8. The second kappa shape index (κ2) is 6.84. The Kier molecular flexibility index (Phi) is 4.22. The van der Waals surface area contributed by atoms with Gasteiger partial charge in [-0.1, -0.05) is 24.3 Å². The van der Waals surface area contributed by atoms with Crippen LogP contribution in [0.25, 0.3) is 33.4 Å². The lowest BCUT2D eigenvalue weighted by atomic mass is 10.0. The van der Waals surface area contributed by atoms with E-state index in [0.717, 1.165) is 27.9 Å². The van der Waals surface area contributed by atoms with E-state index in [0.29, 0.717) is 11.3 Å². The number of nitro groups is 1. The minimum Gasteiger partial charge on any atom is -0.497 e. The number of benzene rings is 2. The zero-order valence-corrected chi connectivity index (χ0v) is 14.5. The van der Waals surface area contributed by atoms with Crippen molar-refractivity contribution in [2.24, 2.45) is 0 Å². The molecular weight excluding hydrogens is 342 g/mol. The molecule has 0 aliphatic carbocycles. The fourth-order valence-electron chi connectivity index (χ4n) is 2.98. The van der Waals surface area contributed by atoms with Crippen LogP contribution in [0.1, 0.15) is 0 Å². The number of nitro benzene ring substituents is 1. The third kappa shape index (κ3) is 3.20. The number of hydrogen-bond acceptors (Lipinski definition) is 5. The van der Waals surface area contributed by atoms with Gasteiger partial charge in [-0.2, -0.15) is 0 Å². The Morgan fingerprint density at radius 1 is 0.963 bits per heavy atom. The van der Waals surface area contributed by atoms with E-state index < -0.39 is 4.92 Å². The number of hydrogen-bond donors (Lipinski definition) is 0. The topological polar surface area (TPSA) is 78.2 Å². The van der Waals surface area contributed by atoms with Gasteiger partial charge in [-0.05, 0) is 35.9 Å². The van der Waals surface area contributed by atoms with Crippen LogP contribution in [0.4, 0.5) is 5.69 Å². The molecule has 0 saturated heterocycles. The van der Waals surface area contributed by atoms with Gasteiger partial charge in [0, 0.05) is 29.5 Å². The van der Waals surface area contributed by atoms with Gasteiger partial charge in [0.05, 0.1) is 28.8 Å². The minimum atomic E-state index is -0.406. The van der Waals surface area contributed by atoms with Crippen molar-refractivity contribution in [3.8, 4) is 28.1 Å². The molecule has 0 amide bonds. The Labute approximate surface area is 155 Å². The van der Waals surface area contributed by atoms with E-state index >= 15 is 0 Å². The number of methoxy groups -OCH3 is 1. The third-order valence-electron chi connectivity index (χ3n) is 4.32. The molecule has 0 radical (unpaired) electrons. The van der Waals surface area contributed by atoms with E-state index in [1.807, 2.05) is 48.5 Å². The average molecular weight is 357 g/mol. The summed E-state index contributed by atoms with van der Waals surface area (Å²) in [6.07, 6.45) is 1.73. The van der Waals surface area contributed by atoms with Gasteiger partial charge >= 0.3 is 0 Å². The molecule has 0 aliphatic rings. The highest BCUT2D eigenvalue weighted by Gasteiger charge is 2.13. The highest BCUT2D eigenvalue weighted by atomic mass is 16.6. The summed E-state index contributed by atoms with van der Waals surface area (Å²) < 4.78 is 5.23. The number of ether oxygens (including phenoxy) is 1. The predicted molar refractivity (Wildman–Crippen MR) is 104 cm³/mol. The van der Waals surface area contributed by atoms with Gasteiger partial charge in [0.25, 0.3) is 5.69 Å². The monoisotopic (exact) mass is 357 g/mol. The summed E-state index contributed by atoms with van der Waals surface area (Å²) in [5.74, 6) is 0.768. The molecule has 2 aromatic carbocycles. The lowest BCUT2D eigenvalue weighted by Gasteiger charge is -2.10. The number of pyridine rings is 2. The molecule has 27 heavy (non-hydrogen) atoms. The van der Waals surface area contributed by atoms with Crippen LogP contribution in [0.2, 0.25) is 0 Å². The van der Waals surface area contributed by atoms with Gasteiger partial charge in [0.2, 0.25) is 0 Å². The zero-order valence-electron chi connectivity index (χ0n) is 14.5. The molecule has 0 N–H and O–H groups in total. The molecule has 0 bridgehead atoms. The van der Waals surface area contributed by atoms with Crippen molar-refractivity contribution in [3.05, 3.63) is 83.0 Å². The van der Waals surface area contributed by atoms with Crippen molar-refractivity contribution >= 4 is 16.7 Å². The van der Waals surface area contributed by atoms with Gasteiger partial charge in [0.1, 0.15) is 5.75 Å². The highest BCUT2D eigenvalue weighted by Crippen LogP contribution is 2.32. The van der Waals surface area contributed by atoms with E-state index in [2.05, 4.69) is 9.97 Å². The van der Waals surface area contributed by atoms with Crippen LogP contribution in [0.15, 0.2) is 72.9 Å². The quantitative estimate of drug-likeness (QED) is 0.384. The van der Waals surface area contributed by atoms with Gasteiger partial charge < -0.3 is 4.74 Å². The largest absolute Gasteiger partial charge is 0.497 e. The molecule has 132 valence electrons.